The van der Waals surface area contributed by atoms with Crippen molar-refractivity contribution in [2.24, 2.45) is 0 Å². The van der Waals surface area contributed by atoms with Crippen molar-refractivity contribution in [1.29, 1.82) is 0 Å². The van der Waals surface area contributed by atoms with Gasteiger partial charge < -0.3 is 4.74 Å². The van der Waals surface area contributed by atoms with Crippen LogP contribution in [0.25, 0.3) is 10.9 Å². The van der Waals surface area contributed by atoms with Crippen LogP contribution in [0.3, 0.4) is 0 Å². The Bertz CT molecular complexity index is 581. The van der Waals surface area contributed by atoms with E-state index in [-0.39, 0.29) is 10.8 Å². The first-order valence-corrected chi connectivity index (χ1v) is 6.75. The highest BCUT2D eigenvalue weighted by Crippen LogP contribution is 2.31. The van der Waals surface area contributed by atoms with E-state index in [4.69, 9.17) is 4.74 Å². The number of hydrogen-bond donors (Lipinski definition) is 0. The standard InChI is InChI=1S/C14H14BrNO2/c1-3-18-14(17)11-8-16-12-7-5-4-6-10(12)13(11)9(2)15/h4-9H,3H2,1-2H3. The topological polar surface area (TPSA) is 39.2 Å². The Balaban J connectivity index is 2.66. The summed E-state index contributed by atoms with van der Waals surface area (Å²) in [5.74, 6) is -0.322. The van der Waals surface area contributed by atoms with Crippen molar-refractivity contribution in [1.82, 2.24) is 4.98 Å². The van der Waals surface area contributed by atoms with E-state index in [0.717, 1.165) is 16.5 Å². The van der Waals surface area contributed by atoms with E-state index in [1.54, 1.807) is 13.1 Å². The second-order valence-corrected chi connectivity index (χ2v) is 5.31. The first-order valence-electron chi connectivity index (χ1n) is 5.84. The molecule has 18 heavy (non-hydrogen) atoms. The molecule has 1 atom stereocenters. The summed E-state index contributed by atoms with van der Waals surface area (Å²) in [4.78, 5) is 16.3. The van der Waals surface area contributed by atoms with Gasteiger partial charge in [-0.1, -0.05) is 34.1 Å². The van der Waals surface area contributed by atoms with Crippen molar-refractivity contribution < 1.29 is 9.53 Å². The van der Waals surface area contributed by atoms with Crippen LogP contribution in [0.1, 0.15) is 34.6 Å². The smallest absolute Gasteiger partial charge is 0.340 e. The van der Waals surface area contributed by atoms with Gasteiger partial charge in [-0.25, -0.2) is 4.79 Å². The van der Waals surface area contributed by atoms with Gasteiger partial charge in [0.05, 0.1) is 17.7 Å². The van der Waals surface area contributed by atoms with E-state index in [9.17, 15) is 4.79 Å². The predicted octanol–water partition coefficient (Wildman–Crippen LogP) is 3.87. The second kappa shape index (κ2) is 5.48. The Kier molecular flexibility index (Phi) is 3.97. The van der Waals surface area contributed by atoms with Crippen molar-refractivity contribution in [2.45, 2.75) is 18.7 Å². The van der Waals surface area contributed by atoms with Gasteiger partial charge in [0.15, 0.2) is 0 Å². The number of alkyl halides is 1. The van der Waals surface area contributed by atoms with E-state index in [2.05, 4.69) is 20.9 Å². The SMILES string of the molecule is CCOC(=O)c1cnc2ccccc2c1C(C)Br. The summed E-state index contributed by atoms with van der Waals surface area (Å²) in [5, 5.41) is 0.979. The zero-order valence-corrected chi connectivity index (χ0v) is 11.9. The number of benzene rings is 1. The number of fused-ring (bicyclic) bond motifs is 1. The molecular weight excluding hydrogens is 294 g/mol. The fourth-order valence-electron chi connectivity index (χ4n) is 1.96. The largest absolute Gasteiger partial charge is 0.462 e. The van der Waals surface area contributed by atoms with Gasteiger partial charge in [0.25, 0.3) is 0 Å². The quantitative estimate of drug-likeness (QED) is 0.638. The molecule has 0 fully saturated rings. The summed E-state index contributed by atoms with van der Waals surface area (Å²) in [6.45, 7) is 4.15. The fourth-order valence-corrected chi connectivity index (χ4v) is 2.46. The van der Waals surface area contributed by atoms with Gasteiger partial charge in [-0.3, -0.25) is 4.98 Å². The van der Waals surface area contributed by atoms with E-state index < -0.39 is 0 Å². The lowest BCUT2D eigenvalue weighted by Crippen LogP contribution is -2.09. The van der Waals surface area contributed by atoms with Crippen LogP contribution < -0.4 is 0 Å². The van der Waals surface area contributed by atoms with Crippen LogP contribution in [0.4, 0.5) is 0 Å². The molecule has 1 aromatic heterocycles. The number of halogens is 1. The van der Waals surface area contributed by atoms with Crippen LogP contribution in [-0.2, 0) is 4.74 Å². The van der Waals surface area contributed by atoms with Crippen LogP contribution in [0.15, 0.2) is 30.5 Å². The number of rotatable bonds is 3. The minimum Gasteiger partial charge on any atom is -0.462 e. The number of ether oxygens (including phenoxy) is 1. The highest BCUT2D eigenvalue weighted by Gasteiger charge is 2.19. The summed E-state index contributed by atoms with van der Waals surface area (Å²) in [6.07, 6.45) is 1.59. The number of para-hydroxylation sites is 1. The fraction of sp³-hybridized carbons (Fsp3) is 0.286. The number of pyridine rings is 1. The van der Waals surface area contributed by atoms with Crippen molar-refractivity contribution in [3.63, 3.8) is 0 Å². The summed E-state index contributed by atoms with van der Waals surface area (Å²) in [5.41, 5.74) is 2.34. The molecule has 0 amide bonds. The van der Waals surface area contributed by atoms with Gasteiger partial charge in [0.2, 0.25) is 0 Å². The molecule has 2 aromatic rings. The van der Waals surface area contributed by atoms with Gasteiger partial charge >= 0.3 is 5.97 Å². The molecule has 0 bridgehead atoms. The van der Waals surface area contributed by atoms with E-state index in [0.29, 0.717) is 12.2 Å². The number of aromatic nitrogens is 1. The maximum absolute atomic E-state index is 11.9. The average Bonchev–Trinajstić information content (AvgIpc) is 2.37. The monoisotopic (exact) mass is 307 g/mol. The summed E-state index contributed by atoms with van der Waals surface area (Å²) < 4.78 is 5.07. The Morgan fingerprint density at radius 2 is 2.17 bits per heavy atom. The van der Waals surface area contributed by atoms with Gasteiger partial charge in [-0.05, 0) is 25.5 Å². The lowest BCUT2D eigenvalue weighted by atomic mass is 10.0. The Morgan fingerprint density at radius 3 is 2.83 bits per heavy atom. The maximum atomic E-state index is 11.9. The number of carbonyl (C=O) groups is 1. The Morgan fingerprint density at radius 1 is 1.44 bits per heavy atom. The lowest BCUT2D eigenvalue weighted by molar-refractivity contribution is 0.0525. The average molecular weight is 308 g/mol. The molecule has 2 rings (SSSR count). The minimum atomic E-state index is -0.322. The number of carbonyl (C=O) groups excluding carboxylic acids is 1. The van der Waals surface area contributed by atoms with Crippen LogP contribution >= 0.6 is 15.9 Å². The molecule has 1 aromatic carbocycles. The van der Waals surface area contributed by atoms with E-state index >= 15 is 0 Å². The van der Waals surface area contributed by atoms with Crippen molar-refractivity contribution in [3.8, 4) is 0 Å². The number of hydrogen-bond acceptors (Lipinski definition) is 3. The molecule has 1 heterocycles. The molecular formula is C14H14BrNO2. The van der Waals surface area contributed by atoms with Crippen LogP contribution in [-0.4, -0.2) is 17.6 Å². The Labute approximate surface area is 114 Å². The minimum absolute atomic E-state index is 0.0600. The number of esters is 1. The second-order valence-electron chi connectivity index (χ2n) is 3.94. The molecule has 0 spiro atoms. The zero-order chi connectivity index (χ0) is 13.1. The van der Waals surface area contributed by atoms with Crippen molar-refractivity contribution >= 4 is 32.8 Å². The molecule has 0 N–H and O–H groups in total. The lowest BCUT2D eigenvalue weighted by Gasteiger charge is -2.13. The van der Waals surface area contributed by atoms with Gasteiger partial charge in [-0.15, -0.1) is 0 Å². The third-order valence-electron chi connectivity index (χ3n) is 2.71. The molecule has 0 saturated carbocycles. The molecule has 3 nitrogen and oxygen atoms in total. The summed E-state index contributed by atoms with van der Waals surface area (Å²) >= 11 is 3.54. The van der Waals surface area contributed by atoms with Gasteiger partial charge in [0, 0.05) is 16.4 Å². The molecule has 0 saturated heterocycles. The van der Waals surface area contributed by atoms with Crippen LogP contribution in [0, 0.1) is 0 Å². The van der Waals surface area contributed by atoms with Crippen molar-refractivity contribution in [2.75, 3.05) is 6.61 Å². The molecule has 94 valence electrons. The first-order chi connectivity index (χ1) is 8.65. The zero-order valence-electron chi connectivity index (χ0n) is 10.3. The van der Waals surface area contributed by atoms with Crippen molar-refractivity contribution in [3.05, 3.63) is 41.6 Å². The number of nitrogens with zero attached hydrogens (tertiary/aromatic N) is 1. The van der Waals surface area contributed by atoms with Gasteiger partial charge in [0.1, 0.15) is 0 Å². The molecule has 0 aliphatic heterocycles. The summed E-state index contributed by atoms with van der Waals surface area (Å²) in [6, 6.07) is 7.78. The molecule has 0 aliphatic carbocycles. The first kappa shape index (κ1) is 13.0. The third-order valence-corrected chi connectivity index (χ3v) is 3.17. The maximum Gasteiger partial charge on any atom is 0.340 e. The van der Waals surface area contributed by atoms with Crippen LogP contribution in [0.5, 0.6) is 0 Å². The van der Waals surface area contributed by atoms with Crippen LogP contribution in [0.2, 0.25) is 0 Å². The van der Waals surface area contributed by atoms with Gasteiger partial charge in [-0.2, -0.15) is 0 Å². The molecule has 0 aliphatic rings. The molecule has 0 radical (unpaired) electrons. The highest BCUT2D eigenvalue weighted by molar-refractivity contribution is 9.09. The van der Waals surface area contributed by atoms with E-state index in [1.165, 1.54) is 0 Å². The highest BCUT2D eigenvalue weighted by atomic mass is 79.9. The Hall–Kier alpha value is -1.42. The molecule has 1 unspecified atom stereocenters. The van der Waals surface area contributed by atoms with E-state index in [1.807, 2.05) is 31.2 Å². The normalized spacial score (nSPS) is 12.4. The molecule has 4 heteroatoms. The third kappa shape index (κ3) is 2.38. The summed E-state index contributed by atoms with van der Waals surface area (Å²) in [7, 11) is 0. The predicted molar refractivity (Wildman–Crippen MR) is 75.0 cm³/mol.